The summed E-state index contributed by atoms with van der Waals surface area (Å²) < 4.78 is 0. The van der Waals surface area contributed by atoms with E-state index in [0.717, 1.165) is 18.8 Å². The predicted octanol–water partition coefficient (Wildman–Crippen LogP) is 2.58. The van der Waals surface area contributed by atoms with Gasteiger partial charge in [0.1, 0.15) is 0 Å². The minimum absolute atomic E-state index is 0.548. The zero-order valence-electron chi connectivity index (χ0n) is 10.0. The van der Waals surface area contributed by atoms with Crippen molar-refractivity contribution in [3.05, 3.63) is 0 Å². The highest BCUT2D eigenvalue weighted by Crippen LogP contribution is 2.24. The summed E-state index contributed by atoms with van der Waals surface area (Å²) in [5.41, 5.74) is 0. The molecular formula is C12H26O2. The van der Waals surface area contributed by atoms with Crippen LogP contribution < -0.4 is 0 Å². The molecule has 0 saturated carbocycles. The molecule has 86 valence electrons. The van der Waals surface area contributed by atoms with Gasteiger partial charge in [-0.05, 0) is 31.6 Å². The van der Waals surface area contributed by atoms with E-state index in [9.17, 15) is 5.11 Å². The molecule has 2 nitrogen and oxygen atoms in total. The Hall–Kier alpha value is -0.0800. The molecule has 0 aromatic rings. The second kappa shape index (κ2) is 7.24. The third kappa shape index (κ3) is 4.97. The number of hydrogen-bond donors (Lipinski definition) is 2. The molecule has 0 amide bonds. The van der Waals surface area contributed by atoms with E-state index >= 15 is 0 Å². The van der Waals surface area contributed by atoms with Crippen LogP contribution in [0.5, 0.6) is 0 Å². The molecule has 0 aromatic heterocycles. The lowest BCUT2D eigenvalue weighted by Crippen LogP contribution is -2.24. The summed E-state index contributed by atoms with van der Waals surface area (Å²) >= 11 is 0. The van der Waals surface area contributed by atoms with Crippen LogP contribution in [0.15, 0.2) is 0 Å². The van der Waals surface area contributed by atoms with Gasteiger partial charge in [0.25, 0.3) is 0 Å². The molecule has 2 heteroatoms. The first-order valence-electron chi connectivity index (χ1n) is 5.88. The van der Waals surface area contributed by atoms with Crippen molar-refractivity contribution in [2.45, 2.75) is 65.6 Å². The second-order valence-corrected chi connectivity index (χ2v) is 4.44. The third-order valence-corrected chi connectivity index (χ3v) is 3.36. The summed E-state index contributed by atoms with van der Waals surface area (Å²) in [6.07, 6.45) is 2.97. The van der Waals surface area contributed by atoms with Crippen molar-refractivity contribution in [3.8, 4) is 0 Å². The smallest absolute Gasteiger partial charge is 0.0796 e. The van der Waals surface area contributed by atoms with E-state index in [1.165, 1.54) is 12.8 Å². The molecule has 4 atom stereocenters. The van der Waals surface area contributed by atoms with Crippen molar-refractivity contribution in [3.63, 3.8) is 0 Å². The Morgan fingerprint density at radius 3 is 1.86 bits per heavy atom. The Morgan fingerprint density at radius 2 is 1.50 bits per heavy atom. The highest BCUT2D eigenvalue weighted by molar-refractivity contribution is 4.69. The molecule has 0 aliphatic rings. The molecule has 0 aliphatic heterocycles. The van der Waals surface area contributed by atoms with Crippen molar-refractivity contribution in [2.75, 3.05) is 0 Å². The molecule has 14 heavy (non-hydrogen) atoms. The Balaban J connectivity index is 3.83. The first-order chi connectivity index (χ1) is 6.52. The average Bonchev–Trinajstić information content (AvgIpc) is 2.17. The largest absolute Gasteiger partial charge is 0.391 e. The summed E-state index contributed by atoms with van der Waals surface area (Å²) in [4.78, 5) is 0. The monoisotopic (exact) mass is 202 g/mol. The minimum atomic E-state index is -0.593. The van der Waals surface area contributed by atoms with E-state index in [-0.39, 0.29) is 0 Å². The number of hydrogen-bond acceptors (Lipinski definition) is 2. The van der Waals surface area contributed by atoms with E-state index in [0.29, 0.717) is 5.92 Å². The number of rotatable bonds is 7. The topological polar surface area (TPSA) is 40.5 Å². The second-order valence-electron chi connectivity index (χ2n) is 4.44. The first kappa shape index (κ1) is 13.9. The van der Waals surface area contributed by atoms with Gasteiger partial charge in [0.15, 0.2) is 0 Å². The average molecular weight is 202 g/mol. The van der Waals surface area contributed by atoms with Crippen molar-refractivity contribution in [1.29, 1.82) is 0 Å². The SMILES string of the molecule is CCC(C)C(CC)CCC(O)C(C)O. The van der Waals surface area contributed by atoms with Gasteiger partial charge in [0.05, 0.1) is 12.2 Å². The van der Waals surface area contributed by atoms with Gasteiger partial charge in [-0.3, -0.25) is 0 Å². The maximum absolute atomic E-state index is 9.48. The van der Waals surface area contributed by atoms with Crippen molar-refractivity contribution in [2.24, 2.45) is 11.8 Å². The van der Waals surface area contributed by atoms with Gasteiger partial charge in [0, 0.05) is 0 Å². The molecule has 0 bridgehead atoms. The third-order valence-electron chi connectivity index (χ3n) is 3.36. The molecule has 0 rings (SSSR count). The van der Waals surface area contributed by atoms with E-state index in [2.05, 4.69) is 20.8 Å². The van der Waals surface area contributed by atoms with Gasteiger partial charge < -0.3 is 10.2 Å². The van der Waals surface area contributed by atoms with Crippen LogP contribution in [0.4, 0.5) is 0 Å². The Labute approximate surface area is 88.3 Å². The Kier molecular flexibility index (Phi) is 7.20. The fraction of sp³-hybridized carbons (Fsp3) is 1.00. The maximum Gasteiger partial charge on any atom is 0.0796 e. The normalized spacial score (nSPS) is 20.1. The fourth-order valence-corrected chi connectivity index (χ4v) is 1.85. The molecule has 0 heterocycles. The van der Waals surface area contributed by atoms with Crippen LogP contribution in [-0.2, 0) is 0 Å². The van der Waals surface area contributed by atoms with Gasteiger partial charge in [-0.15, -0.1) is 0 Å². The van der Waals surface area contributed by atoms with Crippen molar-refractivity contribution >= 4 is 0 Å². The standard InChI is InChI=1S/C12H26O2/c1-5-9(3)11(6-2)7-8-12(14)10(4)13/h9-14H,5-8H2,1-4H3. The highest BCUT2D eigenvalue weighted by atomic mass is 16.3. The van der Waals surface area contributed by atoms with Crippen molar-refractivity contribution < 1.29 is 10.2 Å². The van der Waals surface area contributed by atoms with E-state index < -0.39 is 12.2 Å². The van der Waals surface area contributed by atoms with Crippen LogP contribution in [0.2, 0.25) is 0 Å². The van der Waals surface area contributed by atoms with Gasteiger partial charge >= 0.3 is 0 Å². The molecular weight excluding hydrogens is 176 g/mol. The van der Waals surface area contributed by atoms with Gasteiger partial charge in [-0.2, -0.15) is 0 Å². The number of aliphatic hydroxyl groups is 2. The van der Waals surface area contributed by atoms with Gasteiger partial charge in [0.2, 0.25) is 0 Å². The van der Waals surface area contributed by atoms with Crippen LogP contribution in [0, 0.1) is 11.8 Å². The number of aliphatic hydroxyl groups excluding tert-OH is 2. The van der Waals surface area contributed by atoms with Crippen molar-refractivity contribution in [1.82, 2.24) is 0 Å². The first-order valence-corrected chi connectivity index (χ1v) is 5.88. The van der Waals surface area contributed by atoms with Gasteiger partial charge in [-0.1, -0.05) is 33.6 Å². The zero-order valence-corrected chi connectivity index (χ0v) is 10.0. The molecule has 0 saturated heterocycles. The van der Waals surface area contributed by atoms with Crippen LogP contribution >= 0.6 is 0 Å². The molecule has 0 aliphatic carbocycles. The lowest BCUT2D eigenvalue weighted by atomic mass is 9.85. The zero-order chi connectivity index (χ0) is 11.1. The van der Waals surface area contributed by atoms with Gasteiger partial charge in [-0.25, -0.2) is 0 Å². The summed E-state index contributed by atoms with van der Waals surface area (Å²) in [6, 6.07) is 0. The fourth-order valence-electron chi connectivity index (χ4n) is 1.85. The molecule has 0 aromatic carbocycles. The van der Waals surface area contributed by atoms with Crippen LogP contribution in [0.1, 0.15) is 53.4 Å². The quantitative estimate of drug-likeness (QED) is 0.666. The van der Waals surface area contributed by atoms with Crippen LogP contribution in [0.25, 0.3) is 0 Å². The van der Waals surface area contributed by atoms with E-state index in [1.807, 2.05) is 0 Å². The van der Waals surface area contributed by atoms with Crippen LogP contribution in [-0.4, -0.2) is 22.4 Å². The summed E-state index contributed by atoms with van der Waals surface area (Å²) in [6.45, 7) is 8.32. The molecule has 4 unspecified atom stereocenters. The Bertz CT molecular complexity index is 134. The van der Waals surface area contributed by atoms with E-state index in [4.69, 9.17) is 5.11 Å². The summed E-state index contributed by atoms with van der Waals surface area (Å²) in [5, 5.41) is 18.6. The maximum atomic E-state index is 9.48. The van der Waals surface area contributed by atoms with Crippen LogP contribution in [0.3, 0.4) is 0 Å². The summed E-state index contributed by atoms with van der Waals surface area (Å²) in [5.74, 6) is 1.41. The summed E-state index contributed by atoms with van der Waals surface area (Å²) in [7, 11) is 0. The molecule has 0 fully saturated rings. The lowest BCUT2D eigenvalue weighted by Gasteiger charge is -2.23. The molecule has 0 spiro atoms. The molecule has 2 N–H and O–H groups in total. The highest BCUT2D eigenvalue weighted by Gasteiger charge is 2.17. The minimum Gasteiger partial charge on any atom is -0.391 e. The predicted molar refractivity (Wildman–Crippen MR) is 60.2 cm³/mol. The van der Waals surface area contributed by atoms with E-state index in [1.54, 1.807) is 6.92 Å². The Morgan fingerprint density at radius 1 is 0.929 bits per heavy atom. The lowest BCUT2D eigenvalue weighted by molar-refractivity contribution is 0.0206. The molecule has 0 radical (unpaired) electrons.